The van der Waals surface area contributed by atoms with Crippen LogP contribution >= 0.6 is 11.6 Å². The van der Waals surface area contributed by atoms with E-state index in [0.717, 1.165) is 22.6 Å². The first-order valence-corrected chi connectivity index (χ1v) is 7.14. The van der Waals surface area contributed by atoms with Crippen LogP contribution in [-0.4, -0.2) is 10.1 Å². The molecule has 0 bridgehead atoms. The second kappa shape index (κ2) is 4.90. The summed E-state index contributed by atoms with van der Waals surface area (Å²) in [5, 5.41) is 3.90. The fraction of sp³-hybridized carbons (Fsp3) is 0.125. The molecule has 2 aromatic carbocycles. The summed E-state index contributed by atoms with van der Waals surface area (Å²) in [6.07, 6.45) is 0. The van der Waals surface area contributed by atoms with Crippen LogP contribution in [0, 0.1) is 0 Å². The third-order valence-corrected chi connectivity index (χ3v) is 3.77. The lowest BCUT2D eigenvalue weighted by Crippen LogP contribution is -2.11. The number of para-hydroxylation sites is 2. The second-order valence-corrected chi connectivity index (χ2v) is 5.06. The quantitative estimate of drug-likeness (QED) is 0.523. The maximum absolute atomic E-state index is 5.95. The molecule has 0 fully saturated rings. The number of benzene rings is 2. The number of alkyl halides is 1. The molecule has 1 aliphatic heterocycles. The monoisotopic (exact) mass is 298 g/mol. The van der Waals surface area contributed by atoms with Crippen LogP contribution in [0.25, 0.3) is 0 Å². The van der Waals surface area contributed by atoms with E-state index in [9.17, 15) is 0 Å². The first-order chi connectivity index (χ1) is 10.4. The summed E-state index contributed by atoms with van der Waals surface area (Å²) in [6.45, 7) is 0. The molecule has 3 aromatic rings. The van der Waals surface area contributed by atoms with Crippen molar-refractivity contribution in [3.8, 4) is 11.5 Å². The van der Waals surface area contributed by atoms with Gasteiger partial charge < -0.3 is 9.26 Å². The molecule has 0 atom stereocenters. The summed E-state index contributed by atoms with van der Waals surface area (Å²) in [5.41, 5.74) is 2.03. The normalized spacial score (nSPS) is 13.4. The molecule has 5 heteroatoms. The van der Waals surface area contributed by atoms with E-state index >= 15 is 0 Å². The van der Waals surface area contributed by atoms with E-state index in [0.29, 0.717) is 11.7 Å². The van der Waals surface area contributed by atoms with Crippen LogP contribution in [0.3, 0.4) is 0 Å². The molecule has 104 valence electrons. The van der Waals surface area contributed by atoms with E-state index in [1.807, 2.05) is 48.5 Å². The highest BCUT2D eigenvalue weighted by Crippen LogP contribution is 2.46. The van der Waals surface area contributed by atoms with Crippen molar-refractivity contribution in [1.29, 1.82) is 0 Å². The van der Waals surface area contributed by atoms with Crippen LogP contribution in [0.15, 0.2) is 53.1 Å². The number of rotatable bonds is 2. The summed E-state index contributed by atoms with van der Waals surface area (Å²) in [6, 6.07) is 15.8. The minimum Gasteiger partial charge on any atom is -0.457 e. The van der Waals surface area contributed by atoms with Gasteiger partial charge in [0, 0.05) is 11.1 Å². The van der Waals surface area contributed by atoms with Gasteiger partial charge in [-0.2, -0.15) is 4.98 Å². The molecule has 0 saturated carbocycles. The van der Waals surface area contributed by atoms with Gasteiger partial charge in [0.1, 0.15) is 11.5 Å². The Balaban J connectivity index is 1.92. The smallest absolute Gasteiger partial charge is 0.238 e. The molecule has 0 aliphatic carbocycles. The third kappa shape index (κ3) is 1.99. The standard InChI is InChI=1S/C16H11ClN2O2/c17-9-14-18-16(21-19-14)15-10-5-1-3-7-12(10)20-13-8-4-2-6-11(13)15/h1-8,15H,9H2. The molecule has 21 heavy (non-hydrogen) atoms. The maximum atomic E-state index is 5.95. The van der Waals surface area contributed by atoms with Crippen molar-refractivity contribution in [3.63, 3.8) is 0 Å². The Bertz CT molecular complexity index is 755. The highest BCUT2D eigenvalue weighted by Gasteiger charge is 2.32. The van der Waals surface area contributed by atoms with Gasteiger partial charge >= 0.3 is 0 Å². The van der Waals surface area contributed by atoms with Crippen LogP contribution in [0.1, 0.15) is 28.8 Å². The fourth-order valence-electron chi connectivity index (χ4n) is 2.61. The number of halogens is 1. The lowest BCUT2D eigenvalue weighted by molar-refractivity contribution is 0.360. The summed E-state index contributed by atoms with van der Waals surface area (Å²) in [7, 11) is 0. The molecule has 4 nitrogen and oxygen atoms in total. The van der Waals surface area contributed by atoms with Gasteiger partial charge in [-0.1, -0.05) is 41.6 Å². The zero-order chi connectivity index (χ0) is 14.2. The number of aromatic nitrogens is 2. The molecule has 1 aromatic heterocycles. The molecule has 0 amide bonds. The van der Waals surface area contributed by atoms with Crippen LogP contribution in [0.5, 0.6) is 11.5 Å². The van der Waals surface area contributed by atoms with E-state index in [-0.39, 0.29) is 11.8 Å². The van der Waals surface area contributed by atoms with Gasteiger partial charge in [-0.05, 0) is 12.1 Å². The number of hydrogen-bond donors (Lipinski definition) is 0. The summed E-state index contributed by atoms with van der Waals surface area (Å²) in [5.74, 6) is 2.76. The highest BCUT2D eigenvalue weighted by molar-refractivity contribution is 6.16. The van der Waals surface area contributed by atoms with Crippen LogP contribution in [0.2, 0.25) is 0 Å². The van der Waals surface area contributed by atoms with Crippen molar-refractivity contribution in [3.05, 3.63) is 71.4 Å². The molecule has 0 saturated heterocycles. The zero-order valence-corrected chi connectivity index (χ0v) is 11.7. The molecular weight excluding hydrogens is 288 g/mol. The number of nitrogens with zero attached hydrogens (tertiary/aromatic N) is 2. The maximum Gasteiger partial charge on any atom is 0.238 e. The van der Waals surface area contributed by atoms with Crippen LogP contribution in [0.4, 0.5) is 0 Å². The Morgan fingerprint density at radius 3 is 2.14 bits per heavy atom. The molecule has 0 radical (unpaired) electrons. The Labute approximate surface area is 126 Å². The Kier molecular flexibility index (Phi) is 2.89. The van der Waals surface area contributed by atoms with Crippen LogP contribution in [-0.2, 0) is 5.88 Å². The fourth-order valence-corrected chi connectivity index (χ4v) is 2.72. The molecule has 4 rings (SSSR count). The first-order valence-electron chi connectivity index (χ1n) is 6.61. The van der Waals surface area contributed by atoms with Gasteiger partial charge in [-0.3, -0.25) is 0 Å². The van der Waals surface area contributed by atoms with Crippen molar-refractivity contribution in [1.82, 2.24) is 10.1 Å². The Morgan fingerprint density at radius 1 is 0.952 bits per heavy atom. The molecule has 1 aliphatic rings. The van der Waals surface area contributed by atoms with Crippen molar-refractivity contribution in [2.75, 3.05) is 0 Å². The number of fused-ring (bicyclic) bond motifs is 2. The minimum absolute atomic E-state index is 0.129. The van der Waals surface area contributed by atoms with Gasteiger partial charge in [0.2, 0.25) is 5.89 Å². The average molecular weight is 299 g/mol. The van der Waals surface area contributed by atoms with E-state index in [1.165, 1.54) is 0 Å². The van der Waals surface area contributed by atoms with Gasteiger partial charge in [0.25, 0.3) is 0 Å². The van der Waals surface area contributed by atoms with Gasteiger partial charge in [-0.25, -0.2) is 0 Å². The lowest BCUT2D eigenvalue weighted by Gasteiger charge is -2.25. The van der Waals surface area contributed by atoms with Gasteiger partial charge in [0.05, 0.1) is 11.8 Å². The molecule has 0 spiro atoms. The number of ether oxygens (including phenoxy) is 1. The highest BCUT2D eigenvalue weighted by atomic mass is 35.5. The van der Waals surface area contributed by atoms with E-state index in [4.69, 9.17) is 20.9 Å². The second-order valence-electron chi connectivity index (χ2n) is 4.79. The predicted molar refractivity (Wildman–Crippen MR) is 77.8 cm³/mol. The molecular formula is C16H11ClN2O2. The predicted octanol–water partition coefficient (Wildman–Crippen LogP) is 4.09. The molecule has 2 heterocycles. The average Bonchev–Trinajstić information content (AvgIpc) is 3.01. The van der Waals surface area contributed by atoms with E-state index in [1.54, 1.807) is 0 Å². The van der Waals surface area contributed by atoms with Crippen molar-refractivity contribution in [2.45, 2.75) is 11.8 Å². The van der Waals surface area contributed by atoms with E-state index < -0.39 is 0 Å². The molecule has 0 N–H and O–H groups in total. The van der Waals surface area contributed by atoms with Gasteiger partial charge in [0.15, 0.2) is 5.82 Å². The number of hydrogen-bond acceptors (Lipinski definition) is 4. The Hall–Kier alpha value is -2.33. The SMILES string of the molecule is ClCc1noc(C2c3ccccc3Oc3ccccc32)n1. The summed E-state index contributed by atoms with van der Waals surface area (Å²) >= 11 is 5.77. The first kappa shape index (κ1) is 12.4. The minimum atomic E-state index is -0.129. The van der Waals surface area contributed by atoms with Crippen molar-refractivity contribution in [2.24, 2.45) is 0 Å². The Morgan fingerprint density at radius 2 is 1.57 bits per heavy atom. The topological polar surface area (TPSA) is 48.2 Å². The van der Waals surface area contributed by atoms with Crippen molar-refractivity contribution < 1.29 is 9.26 Å². The lowest BCUT2D eigenvalue weighted by atomic mass is 9.88. The third-order valence-electron chi connectivity index (χ3n) is 3.53. The molecule has 0 unspecified atom stereocenters. The summed E-state index contributed by atoms with van der Waals surface area (Å²) < 4.78 is 11.4. The van der Waals surface area contributed by atoms with Gasteiger partial charge in [-0.15, -0.1) is 11.6 Å². The van der Waals surface area contributed by atoms with Crippen LogP contribution < -0.4 is 4.74 Å². The zero-order valence-electron chi connectivity index (χ0n) is 11.0. The largest absolute Gasteiger partial charge is 0.457 e. The van der Waals surface area contributed by atoms with Crippen molar-refractivity contribution >= 4 is 11.6 Å². The van der Waals surface area contributed by atoms with E-state index in [2.05, 4.69) is 10.1 Å². The summed E-state index contributed by atoms with van der Waals surface area (Å²) in [4.78, 5) is 4.38.